The molecule has 0 radical (unpaired) electrons. The summed E-state index contributed by atoms with van der Waals surface area (Å²) in [6, 6.07) is 3.76. The summed E-state index contributed by atoms with van der Waals surface area (Å²) in [6.45, 7) is 8.57. The Morgan fingerprint density at radius 1 is 1.15 bits per heavy atom. The van der Waals surface area contributed by atoms with Crippen LogP contribution in [0, 0.1) is 0 Å². The number of piperazine rings is 1. The molecule has 1 aliphatic rings. The van der Waals surface area contributed by atoms with E-state index in [1.54, 1.807) is 20.3 Å². The lowest BCUT2D eigenvalue weighted by Gasteiger charge is -2.34. The first-order valence-electron chi connectivity index (χ1n) is 8.27. The van der Waals surface area contributed by atoms with Gasteiger partial charge in [-0.3, -0.25) is 4.90 Å². The van der Waals surface area contributed by atoms with Crippen molar-refractivity contribution in [3.8, 4) is 11.5 Å². The molecule has 1 fully saturated rings. The number of ether oxygens (including phenoxy) is 2. The minimum absolute atomic E-state index is 0.685. The van der Waals surface area contributed by atoms with Crippen molar-refractivity contribution in [2.75, 3.05) is 46.9 Å². The Morgan fingerprint density at radius 3 is 2.07 bits per heavy atom. The Bertz CT molecular complexity index is 621. The second kappa shape index (κ2) is 10.6. The zero-order valence-electron chi connectivity index (χ0n) is 15.5. The Labute approximate surface area is 161 Å². The largest absolute Gasteiger partial charge is 0.493 e. The van der Waals surface area contributed by atoms with Crippen molar-refractivity contribution in [2.45, 2.75) is 19.6 Å². The monoisotopic (exact) mass is 412 g/mol. The third kappa shape index (κ3) is 7.43. The number of halogens is 4. The van der Waals surface area contributed by atoms with Crippen molar-refractivity contribution >= 4 is 17.6 Å². The highest BCUT2D eigenvalue weighted by Crippen LogP contribution is 2.35. The number of hydrogen-bond donors (Lipinski definition) is 1. The summed E-state index contributed by atoms with van der Waals surface area (Å²) in [7, 11) is 3.31. The highest BCUT2D eigenvalue weighted by Gasteiger charge is 2.38. The van der Waals surface area contributed by atoms with Crippen LogP contribution in [0.25, 0.3) is 0 Å². The third-order valence-electron chi connectivity index (χ3n) is 4.07. The van der Waals surface area contributed by atoms with Gasteiger partial charge in [-0.25, -0.2) is 4.79 Å². The van der Waals surface area contributed by atoms with Crippen LogP contribution < -0.4 is 9.47 Å². The zero-order valence-corrected chi connectivity index (χ0v) is 16.2. The van der Waals surface area contributed by atoms with Gasteiger partial charge in [0.2, 0.25) is 0 Å². The maximum atomic E-state index is 10.6. The fourth-order valence-corrected chi connectivity index (χ4v) is 2.86. The summed E-state index contributed by atoms with van der Waals surface area (Å²) < 4.78 is 42.6. The van der Waals surface area contributed by atoms with E-state index < -0.39 is 12.1 Å². The lowest BCUT2D eigenvalue weighted by molar-refractivity contribution is -0.192. The van der Waals surface area contributed by atoms with Crippen molar-refractivity contribution in [1.29, 1.82) is 0 Å². The van der Waals surface area contributed by atoms with Crippen LogP contribution in [0.4, 0.5) is 13.2 Å². The Kier molecular flexibility index (Phi) is 9.14. The Balaban J connectivity index is 0.000000445. The number of nitrogens with zero attached hydrogens (tertiary/aromatic N) is 2. The second-order valence-corrected chi connectivity index (χ2v) is 6.25. The topological polar surface area (TPSA) is 62.2 Å². The molecule has 1 saturated heterocycles. The average Bonchev–Trinajstić information content (AvgIpc) is 2.61. The molecule has 0 aromatic heterocycles. The van der Waals surface area contributed by atoms with Crippen molar-refractivity contribution in [3.05, 3.63) is 22.7 Å². The summed E-state index contributed by atoms with van der Waals surface area (Å²) in [5.74, 6) is -1.27. The fraction of sp³-hybridized carbons (Fsp3) is 0.588. The minimum atomic E-state index is -5.08. The smallest absolute Gasteiger partial charge is 0.490 e. The number of likely N-dealkylation sites (N-methyl/N-ethyl adjacent to an activating group) is 1. The summed E-state index contributed by atoms with van der Waals surface area (Å²) in [4.78, 5) is 13.8. The molecule has 0 spiro atoms. The molecule has 1 N–H and O–H groups in total. The van der Waals surface area contributed by atoms with Crippen molar-refractivity contribution in [3.63, 3.8) is 0 Å². The number of hydrogen-bond acceptors (Lipinski definition) is 5. The van der Waals surface area contributed by atoms with E-state index >= 15 is 0 Å². The van der Waals surface area contributed by atoms with Crippen LogP contribution in [-0.2, 0) is 11.3 Å². The molecule has 0 atom stereocenters. The highest BCUT2D eigenvalue weighted by atomic mass is 35.5. The first kappa shape index (κ1) is 23.3. The average molecular weight is 413 g/mol. The zero-order chi connectivity index (χ0) is 20.6. The van der Waals surface area contributed by atoms with E-state index in [-0.39, 0.29) is 0 Å². The highest BCUT2D eigenvalue weighted by molar-refractivity contribution is 6.30. The summed E-state index contributed by atoms with van der Waals surface area (Å²) in [5.41, 5.74) is 1.08. The normalized spacial score (nSPS) is 15.7. The molecule has 0 saturated carbocycles. The Morgan fingerprint density at radius 2 is 1.67 bits per heavy atom. The third-order valence-corrected chi connectivity index (χ3v) is 4.29. The fourth-order valence-electron chi connectivity index (χ4n) is 2.63. The molecule has 6 nitrogen and oxygen atoms in total. The van der Waals surface area contributed by atoms with Crippen molar-refractivity contribution in [2.24, 2.45) is 0 Å². The van der Waals surface area contributed by atoms with Gasteiger partial charge in [-0.1, -0.05) is 18.5 Å². The van der Waals surface area contributed by atoms with Gasteiger partial charge in [0.25, 0.3) is 0 Å². The number of benzene rings is 1. The molecule has 27 heavy (non-hydrogen) atoms. The van der Waals surface area contributed by atoms with Crippen molar-refractivity contribution in [1.82, 2.24) is 9.80 Å². The van der Waals surface area contributed by atoms with Gasteiger partial charge < -0.3 is 19.5 Å². The molecule has 10 heteroatoms. The van der Waals surface area contributed by atoms with Crippen LogP contribution in [0.5, 0.6) is 11.5 Å². The first-order chi connectivity index (χ1) is 12.6. The molecule has 0 unspecified atom stereocenters. The number of alkyl halides is 3. The number of carboxylic acid groups (broad SMARTS) is 1. The molecule has 1 heterocycles. The van der Waals surface area contributed by atoms with Crippen LogP contribution in [-0.4, -0.2) is 74.0 Å². The summed E-state index contributed by atoms with van der Waals surface area (Å²) >= 11 is 6.16. The number of carbonyl (C=O) groups is 1. The van der Waals surface area contributed by atoms with Gasteiger partial charge in [0.05, 0.1) is 14.2 Å². The minimum Gasteiger partial charge on any atom is -0.493 e. The molecular formula is C17H24ClF3N2O4. The number of rotatable bonds is 5. The van der Waals surface area contributed by atoms with E-state index in [1.807, 2.05) is 6.07 Å². The lowest BCUT2D eigenvalue weighted by atomic mass is 10.1. The number of methoxy groups -OCH3 is 2. The molecule has 1 aromatic rings. The predicted molar refractivity (Wildman–Crippen MR) is 95.6 cm³/mol. The van der Waals surface area contributed by atoms with Gasteiger partial charge in [-0.05, 0) is 12.6 Å². The standard InChI is InChI=1S/C15H23ClN2O2.C2HF3O2/c1-4-17-5-7-18(8-6-17)11-12-9-13(16)10-14(19-2)15(12)20-3;3-2(4,5)1(6)7/h9-10H,4-8,11H2,1-3H3;(H,6,7). The molecule has 0 amide bonds. The van der Waals surface area contributed by atoms with Gasteiger partial charge in [0, 0.05) is 49.4 Å². The SMILES string of the molecule is CCN1CCN(Cc2cc(Cl)cc(OC)c2OC)CC1.O=C(O)C(F)(F)F. The number of carboxylic acids is 1. The molecule has 1 aromatic carbocycles. The van der Waals surface area contributed by atoms with Gasteiger partial charge in [0.15, 0.2) is 11.5 Å². The van der Waals surface area contributed by atoms with E-state index in [4.69, 9.17) is 31.0 Å². The maximum Gasteiger partial charge on any atom is 0.490 e. The summed E-state index contributed by atoms with van der Waals surface area (Å²) in [5, 5.41) is 7.81. The van der Waals surface area contributed by atoms with Gasteiger partial charge in [-0.15, -0.1) is 0 Å². The van der Waals surface area contributed by atoms with E-state index in [9.17, 15) is 13.2 Å². The van der Waals surface area contributed by atoms with E-state index in [1.165, 1.54) is 0 Å². The maximum absolute atomic E-state index is 10.6. The second-order valence-electron chi connectivity index (χ2n) is 5.81. The van der Waals surface area contributed by atoms with Crippen LogP contribution in [0.2, 0.25) is 5.02 Å². The van der Waals surface area contributed by atoms with Crippen LogP contribution >= 0.6 is 11.6 Å². The van der Waals surface area contributed by atoms with Crippen molar-refractivity contribution < 1.29 is 32.5 Å². The lowest BCUT2D eigenvalue weighted by Crippen LogP contribution is -2.45. The predicted octanol–water partition coefficient (Wildman–Crippen LogP) is 3.13. The van der Waals surface area contributed by atoms with Gasteiger partial charge in [-0.2, -0.15) is 13.2 Å². The quantitative estimate of drug-likeness (QED) is 0.801. The van der Waals surface area contributed by atoms with Crippen LogP contribution in [0.15, 0.2) is 12.1 Å². The number of aliphatic carboxylic acids is 1. The van der Waals surface area contributed by atoms with E-state index in [0.717, 1.165) is 50.6 Å². The molecular weight excluding hydrogens is 389 g/mol. The molecule has 0 bridgehead atoms. The molecule has 154 valence electrons. The molecule has 2 rings (SSSR count). The van der Waals surface area contributed by atoms with E-state index in [2.05, 4.69) is 16.7 Å². The molecule has 1 aliphatic heterocycles. The van der Waals surface area contributed by atoms with Crippen LogP contribution in [0.3, 0.4) is 0 Å². The first-order valence-corrected chi connectivity index (χ1v) is 8.65. The van der Waals surface area contributed by atoms with E-state index in [0.29, 0.717) is 10.8 Å². The van der Waals surface area contributed by atoms with Crippen LogP contribution in [0.1, 0.15) is 12.5 Å². The molecule has 0 aliphatic carbocycles. The summed E-state index contributed by atoms with van der Waals surface area (Å²) in [6.07, 6.45) is -5.08. The van der Waals surface area contributed by atoms with Gasteiger partial charge in [0.1, 0.15) is 0 Å². The Hall–Kier alpha value is -1.71. The van der Waals surface area contributed by atoms with Gasteiger partial charge >= 0.3 is 12.1 Å².